The molecular formula is C21H24N6OS2. The van der Waals surface area contributed by atoms with Crippen LogP contribution in [0.3, 0.4) is 0 Å². The van der Waals surface area contributed by atoms with Crippen molar-refractivity contribution >= 4 is 34.8 Å². The van der Waals surface area contributed by atoms with Crippen molar-refractivity contribution in [2.45, 2.75) is 30.5 Å². The monoisotopic (exact) mass is 440 g/mol. The van der Waals surface area contributed by atoms with Gasteiger partial charge in [0.25, 0.3) is 0 Å². The fourth-order valence-electron chi connectivity index (χ4n) is 3.74. The second kappa shape index (κ2) is 8.77. The van der Waals surface area contributed by atoms with Crippen LogP contribution in [0.15, 0.2) is 47.1 Å². The number of thioether (sulfide) groups is 1. The summed E-state index contributed by atoms with van der Waals surface area (Å²) in [6.07, 6.45) is 4.97. The molecule has 1 aliphatic heterocycles. The number of thiophene rings is 1. The number of nitrogens with zero attached hydrogens (tertiary/aromatic N) is 6. The van der Waals surface area contributed by atoms with E-state index >= 15 is 0 Å². The fourth-order valence-corrected chi connectivity index (χ4v) is 5.37. The van der Waals surface area contributed by atoms with E-state index in [4.69, 9.17) is 0 Å². The van der Waals surface area contributed by atoms with Crippen LogP contribution in [-0.2, 0) is 11.2 Å². The molecule has 0 radical (unpaired) electrons. The minimum atomic E-state index is 0.172. The van der Waals surface area contributed by atoms with Crippen LogP contribution >= 0.6 is 23.1 Å². The summed E-state index contributed by atoms with van der Waals surface area (Å²) in [7, 11) is 0. The van der Waals surface area contributed by atoms with Crippen LogP contribution in [0.5, 0.6) is 0 Å². The summed E-state index contributed by atoms with van der Waals surface area (Å²) in [5.74, 6) is 2.58. The lowest BCUT2D eigenvalue weighted by Gasteiger charge is -2.35. The number of pyridine rings is 1. The molecule has 9 heteroatoms. The van der Waals surface area contributed by atoms with Crippen molar-refractivity contribution in [2.75, 3.05) is 36.8 Å². The molecule has 1 saturated carbocycles. The maximum atomic E-state index is 12.8. The summed E-state index contributed by atoms with van der Waals surface area (Å²) in [5, 5.41) is 11.8. The van der Waals surface area contributed by atoms with Gasteiger partial charge in [0.15, 0.2) is 5.16 Å². The van der Waals surface area contributed by atoms with Crippen LogP contribution in [0.25, 0.3) is 0 Å². The largest absolute Gasteiger partial charge is 0.353 e. The Morgan fingerprint density at radius 1 is 1.10 bits per heavy atom. The minimum absolute atomic E-state index is 0.172. The molecule has 156 valence electrons. The van der Waals surface area contributed by atoms with Gasteiger partial charge in [-0.2, -0.15) is 0 Å². The molecule has 2 fully saturated rings. The summed E-state index contributed by atoms with van der Waals surface area (Å²) >= 11 is 3.27. The SMILES string of the molecule is O=C(CSc1nnc(Cc2cccs2)n1C1CC1)N1CCN(c2ccccn2)CC1. The average molecular weight is 441 g/mol. The average Bonchev–Trinajstić information content (AvgIpc) is 3.34. The summed E-state index contributed by atoms with van der Waals surface area (Å²) in [6, 6.07) is 10.6. The first kappa shape index (κ1) is 19.6. The topological polar surface area (TPSA) is 67.2 Å². The van der Waals surface area contributed by atoms with E-state index < -0.39 is 0 Å². The maximum Gasteiger partial charge on any atom is 0.233 e. The molecule has 1 aliphatic carbocycles. The minimum Gasteiger partial charge on any atom is -0.353 e. The number of carbonyl (C=O) groups is 1. The Balaban J connectivity index is 1.17. The van der Waals surface area contributed by atoms with E-state index in [1.807, 2.05) is 29.3 Å². The number of carbonyl (C=O) groups excluding carboxylic acids is 1. The number of aromatic nitrogens is 4. The van der Waals surface area contributed by atoms with Gasteiger partial charge in [0, 0.05) is 49.7 Å². The van der Waals surface area contributed by atoms with Crippen LogP contribution in [0, 0.1) is 0 Å². The summed E-state index contributed by atoms with van der Waals surface area (Å²) in [5.41, 5.74) is 0. The molecular weight excluding hydrogens is 416 g/mol. The van der Waals surface area contributed by atoms with Crippen molar-refractivity contribution in [3.05, 3.63) is 52.6 Å². The molecule has 0 atom stereocenters. The zero-order chi connectivity index (χ0) is 20.3. The van der Waals surface area contributed by atoms with Gasteiger partial charge in [-0.15, -0.1) is 21.5 Å². The van der Waals surface area contributed by atoms with E-state index in [9.17, 15) is 4.79 Å². The predicted molar refractivity (Wildman–Crippen MR) is 119 cm³/mol. The van der Waals surface area contributed by atoms with Gasteiger partial charge in [0.2, 0.25) is 5.91 Å². The van der Waals surface area contributed by atoms with Crippen molar-refractivity contribution < 1.29 is 4.79 Å². The Bertz CT molecular complexity index is 978. The van der Waals surface area contributed by atoms with Gasteiger partial charge in [0.05, 0.1) is 5.75 Å². The quantitative estimate of drug-likeness (QED) is 0.526. The third kappa shape index (κ3) is 4.37. The number of hydrogen-bond acceptors (Lipinski definition) is 7. The lowest BCUT2D eigenvalue weighted by Crippen LogP contribution is -2.49. The van der Waals surface area contributed by atoms with Crippen molar-refractivity contribution in [1.29, 1.82) is 0 Å². The fraction of sp³-hybridized carbons (Fsp3) is 0.429. The highest BCUT2D eigenvalue weighted by molar-refractivity contribution is 7.99. The standard InChI is InChI=1S/C21H24N6OS2/c28-20(26-11-9-25(10-12-26)18-5-1-2-8-22-18)15-30-21-24-23-19(27(21)16-6-7-16)14-17-4-3-13-29-17/h1-5,8,13,16H,6-7,9-12,14-15H2. The Morgan fingerprint density at radius 2 is 1.97 bits per heavy atom. The molecule has 5 rings (SSSR count). The Labute approximate surface area is 184 Å². The molecule has 0 aromatic carbocycles. The van der Waals surface area contributed by atoms with Gasteiger partial charge in [-0.25, -0.2) is 4.98 Å². The van der Waals surface area contributed by atoms with Gasteiger partial charge >= 0.3 is 0 Å². The normalized spacial score (nSPS) is 16.8. The molecule has 7 nitrogen and oxygen atoms in total. The van der Waals surface area contributed by atoms with Crippen molar-refractivity contribution in [1.82, 2.24) is 24.6 Å². The van der Waals surface area contributed by atoms with E-state index in [2.05, 4.69) is 42.2 Å². The molecule has 2 aliphatic rings. The predicted octanol–water partition coefficient (Wildman–Crippen LogP) is 3.10. The Kier molecular flexibility index (Phi) is 5.72. The van der Waals surface area contributed by atoms with Crippen LogP contribution in [-0.4, -0.2) is 62.5 Å². The zero-order valence-corrected chi connectivity index (χ0v) is 18.3. The maximum absolute atomic E-state index is 12.8. The summed E-state index contributed by atoms with van der Waals surface area (Å²) in [6.45, 7) is 3.09. The second-order valence-electron chi connectivity index (χ2n) is 7.60. The van der Waals surface area contributed by atoms with Gasteiger partial charge < -0.3 is 14.4 Å². The van der Waals surface area contributed by atoms with Crippen molar-refractivity contribution in [3.8, 4) is 0 Å². The molecule has 3 aromatic rings. The highest BCUT2D eigenvalue weighted by atomic mass is 32.2. The first-order chi connectivity index (χ1) is 14.8. The van der Waals surface area contributed by atoms with E-state index in [1.165, 1.54) is 29.5 Å². The molecule has 0 bridgehead atoms. The number of rotatable bonds is 7. The summed E-state index contributed by atoms with van der Waals surface area (Å²) < 4.78 is 2.26. The van der Waals surface area contributed by atoms with E-state index in [-0.39, 0.29) is 5.91 Å². The number of piperazine rings is 1. The van der Waals surface area contributed by atoms with E-state index in [1.54, 1.807) is 11.3 Å². The lowest BCUT2D eigenvalue weighted by molar-refractivity contribution is -0.128. The summed E-state index contributed by atoms with van der Waals surface area (Å²) in [4.78, 5) is 22.7. The zero-order valence-electron chi connectivity index (χ0n) is 16.7. The Morgan fingerprint density at radius 3 is 2.67 bits per heavy atom. The lowest BCUT2D eigenvalue weighted by atomic mass is 10.3. The molecule has 4 heterocycles. The molecule has 1 saturated heterocycles. The van der Waals surface area contributed by atoms with Crippen molar-refractivity contribution in [3.63, 3.8) is 0 Å². The Hall–Kier alpha value is -2.39. The first-order valence-electron chi connectivity index (χ1n) is 10.3. The van der Waals surface area contributed by atoms with E-state index in [0.29, 0.717) is 11.8 Å². The van der Waals surface area contributed by atoms with E-state index in [0.717, 1.165) is 49.4 Å². The third-order valence-electron chi connectivity index (χ3n) is 5.49. The van der Waals surface area contributed by atoms with Gasteiger partial charge in [-0.3, -0.25) is 4.79 Å². The highest BCUT2D eigenvalue weighted by Crippen LogP contribution is 2.39. The number of hydrogen-bond donors (Lipinski definition) is 0. The first-order valence-corrected chi connectivity index (χ1v) is 12.2. The van der Waals surface area contributed by atoms with Crippen LogP contribution in [0.2, 0.25) is 0 Å². The van der Waals surface area contributed by atoms with Crippen molar-refractivity contribution in [2.24, 2.45) is 0 Å². The third-order valence-corrected chi connectivity index (χ3v) is 7.29. The van der Waals surface area contributed by atoms with Crippen LogP contribution in [0.1, 0.15) is 29.6 Å². The molecule has 30 heavy (non-hydrogen) atoms. The number of amides is 1. The molecule has 0 spiro atoms. The molecule has 3 aromatic heterocycles. The van der Waals surface area contributed by atoms with Gasteiger partial charge in [-0.1, -0.05) is 23.9 Å². The van der Waals surface area contributed by atoms with Gasteiger partial charge in [-0.05, 0) is 36.4 Å². The van der Waals surface area contributed by atoms with Gasteiger partial charge in [0.1, 0.15) is 11.6 Å². The second-order valence-corrected chi connectivity index (χ2v) is 9.58. The number of anilines is 1. The highest BCUT2D eigenvalue weighted by Gasteiger charge is 2.30. The smallest absolute Gasteiger partial charge is 0.233 e. The molecule has 1 amide bonds. The van der Waals surface area contributed by atoms with Crippen LogP contribution in [0.4, 0.5) is 5.82 Å². The molecule has 0 unspecified atom stereocenters. The van der Waals surface area contributed by atoms with Crippen LogP contribution < -0.4 is 4.90 Å². The molecule has 0 N–H and O–H groups in total.